The Balaban J connectivity index is 2.37. The molecule has 2 heteroatoms. The Labute approximate surface area is 97.6 Å². The highest BCUT2D eigenvalue weighted by Crippen LogP contribution is 2.12. The van der Waals surface area contributed by atoms with E-state index in [2.05, 4.69) is 32.0 Å². The Hall–Kier alpha value is -1.31. The van der Waals surface area contributed by atoms with E-state index in [1.165, 1.54) is 16.7 Å². The zero-order chi connectivity index (χ0) is 12.0. The van der Waals surface area contributed by atoms with Gasteiger partial charge in [0.15, 0.2) is 0 Å². The lowest BCUT2D eigenvalue weighted by molar-refractivity contribution is -0.143. The van der Waals surface area contributed by atoms with Gasteiger partial charge in [-0.3, -0.25) is 4.79 Å². The van der Waals surface area contributed by atoms with Gasteiger partial charge in [-0.1, -0.05) is 18.2 Å². The second kappa shape index (κ2) is 6.31. The van der Waals surface area contributed by atoms with Gasteiger partial charge in [-0.05, 0) is 50.3 Å². The Morgan fingerprint density at radius 1 is 1.25 bits per heavy atom. The molecule has 0 radical (unpaired) electrons. The first kappa shape index (κ1) is 12.8. The van der Waals surface area contributed by atoms with Gasteiger partial charge in [0.2, 0.25) is 0 Å². The molecular formula is C14H20O2. The van der Waals surface area contributed by atoms with Gasteiger partial charge in [-0.25, -0.2) is 0 Å². The van der Waals surface area contributed by atoms with E-state index < -0.39 is 0 Å². The molecule has 0 unspecified atom stereocenters. The maximum absolute atomic E-state index is 11.1. The van der Waals surface area contributed by atoms with E-state index in [-0.39, 0.29) is 5.97 Å². The molecule has 0 aliphatic rings. The van der Waals surface area contributed by atoms with Crippen molar-refractivity contribution in [1.82, 2.24) is 0 Å². The highest BCUT2D eigenvalue weighted by atomic mass is 16.5. The molecule has 1 aromatic carbocycles. The molecule has 88 valence electrons. The average molecular weight is 220 g/mol. The van der Waals surface area contributed by atoms with Gasteiger partial charge in [-0.2, -0.15) is 0 Å². The molecule has 16 heavy (non-hydrogen) atoms. The molecule has 0 bridgehead atoms. The number of ether oxygens (including phenoxy) is 1. The predicted molar refractivity (Wildman–Crippen MR) is 65.5 cm³/mol. The van der Waals surface area contributed by atoms with Crippen molar-refractivity contribution < 1.29 is 9.53 Å². The van der Waals surface area contributed by atoms with Gasteiger partial charge in [0.25, 0.3) is 0 Å². The van der Waals surface area contributed by atoms with Gasteiger partial charge < -0.3 is 4.74 Å². The van der Waals surface area contributed by atoms with Crippen LogP contribution in [0, 0.1) is 13.8 Å². The zero-order valence-corrected chi connectivity index (χ0v) is 10.4. The third kappa shape index (κ3) is 4.05. The molecule has 0 aliphatic heterocycles. The molecule has 0 fully saturated rings. The van der Waals surface area contributed by atoms with Crippen LogP contribution in [0.3, 0.4) is 0 Å². The van der Waals surface area contributed by atoms with Crippen molar-refractivity contribution in [2.24, 2.45) is 0 Å². The Kier molecular flexibility index (Phi) is 5.03. The van der Waals surface area contributed by atoms with Gasteiger partial charge >= 0.3 is 5.97 Å². The van der Waals surface area contributed by atoms with Crippen LogP contribution in [-0.2, 0) is 16.0 Å². The summed E-state index contributed by atoms with van der Waals surface area (Å²) in [4.78, 5) is 11.1. The standard InChI is InChI=1S/C14H20O2/c1-4-16-14(15)7-5-6-13-9-8-11(2)12(3)10-13/h8-10H,4-7H2,1-3H3. The van der Waals surface area contributed by atoms with Crippen molar-refractivity contribution in [3.8, 4) is 0 Å². The highest BCUT2D eigenvalue weighted by Gasteiger charge is 2.02. The predicted octanol–water partition coefficient (Wildman–Crippen LogP) is 3.19. The second-order valence-electron chi connectivity index (χ2n) is 4.08. The summed E-state index contributed by atoms with van der Waals surface area (Å²) in [6, 6.07) is 6.46. The van der Waals surface area contributed by atoms with E-state index in [0.717, 1.165) is 12.8 Å². The molecule has 0 N–H and O–H groups in total. The highest BCUT2D eigenvalue weighted by molar-refractivity contribution is 5.69. The summed E-state index contributed by atoms with van der Waals surface area (Å²) in [5, 5.41) is 0. The first-order valence-electron chi connectivity index (χ1n) is 5.85. The van der Waals surface area contributed by atoms with Gasteiger partial charge in [0, 0.05) is 6.42 Å². The van der Waals surface area contributed by atoms with Crippen molar-refractivity contribution in [1.29, 1.82) is 0 Å². The van der Waals surface area contributed by atoms with E-state index in [4.69, 9.17) is 4.74 Å². The van der Waals surface area contributed by atoms with Crippen LogP contribution in [-0.4, -0.2) is 12.6 Å². The topological polar surface area (TPSA) is 26.3 Å². The molecule has 1 rings (SSSR count). The van der Waals surface area contributed by atoms with Crippen molar-refractivity contribution in [3.05, 3.63) is 34.9 Å². The van der Waals surface area contributed by atoms with Crippen molar-refractivity contribution in [2.45, 2.75) is 40.0 Å². The molecular weight excluding hydrogens is 200 g/mol. The van der Waals surface area contributed by atoms with E-state index >= 15 is 0 Å². The second-order valence-corrected chi connectivity index (χ2v) is 4.08. The van der Waals surface area contributed by atoms with Crippen LogP contribution in [0.1, 0.15) is 36.5 Å². The Bertz CT molecular complexity index is 356. The van der Waals surface area contributed by atoms with E-state index in [0.29, 0.717) is 13.0 Å². The van der Waals surface area contributed by atoms with E-state index in [1.807, 2.05) is 6.92 Å². The van der Waals surface area contributed by atoms with Crippen LogP contribution in [0.25, 0.3) is 0 Å². The molecule has 0 heterocycles. The SMILES string of the molecule is CCOC(=O)CCCc1ccc(C)c(C)c1. The van der Waals surface area contributed by atoms with E-state index in [9.17, 15) is 4.79 Å². The number of esters is 1. The maximum Gasteiger partial charge on any atom is 0.305 e. The maximum atomic E-state index is 11.1. The summed E-state index contributed by atoms with van der Waals surface area (Å²) in [7, 11) is 0. The molecule has 1 aromatic rings. The van der Waals surface area contributed by atoms with E-state index in [1.54, 1.807) is 0 Å². The summed E-state index contributed by atoms with van der Waals surface area (Å²) >= 11 is 0. The third-order valence-corrected chi connectivity index (χ3v) is 2.72. The number of hydrogen-bond donors (Lipinski definition) is 0. The summed E-state index contributed by atoms with van der Waals surface area (Å²) in [6.07, 6.45) is 2.32. The van der Waals surface area contributed by atoms with Crippen LogP contribution >= 0.6 is 0 Å². The molecule has 0 aromatic heterocycles. The van der Waals surface area contributed by atoms with Crippen LogP contribution in [0.5, 0.6) is 0 Å². The third-order valence-electron chi connectivity index (χ3n) is 2.72. The lowest BCUT2D eigenvalue weighted by Crippen LogP contribution is -2.04. The first-order chi connectivity index (χ1) is 7.63. The molecule has 0 saturated carbocycles. The fraction of sp³-hybridized carbons (Fsp3) is 0.500. The monoisotopic (exact) mass is 220 g/mol. The summed E-state index contributed by atoms with van der Waals surface area (Å²) < 4.78 is 4.88. The minimum absolute atomic E-state index is 0.0914. The average Bonchev–Trinajstić information content (AvgIpc) is 2.24. The first-order valence-corrected chi connectivity index (χ1v) is 5.85. The largest absolute Gasteiger partial charge is 0.466 e. The van der Waals surface area contributed by atoms with Gasteiger partial charge in [0.1, 0.15) is 0 Å². The molecule has 0 amide bonds. The normalized spacial score (nSPS) is 10.2. The number of hydrogen-bond acceptors (Lipinski definition) is 2. The van der Waals surface area contributed by atoms with Gasteiger partial charge in [0.05, 0.1) is 6.61 Å². The molecule has 0 saturated heterocycles. The quantitative estimate of drug-likeness (QED) is 0.712. The molecule has 0 aliphatic carbocycles. The molecule has 0 atom stereocenters. The lowest BCUT2D eigenvalue weighted by Gasteiger charge is -2.05. The van der Waals surface area contributed by atoms with Gasteiger partial charge in [-0.15, -0.1) is 0 Å². The lowest BCUT2D eigenvalue weighted by atomic mass is 10.0. The number of carbonyl (C=O) groups excluding carboxylic acids is 1. The molecule has 2 nitrogen and oxygen atoms in total. The van der Waals surface area contributed by atoms with Crippen LogP contribution in [0.4, 0.5) is 0 Å². The zero-order valence-electron chi connectivity index (χ0n) is 10.4. The van der Waals surface area contributed by atoms with Crippen molar-refractivity contribution >= 4 is 5.97 Å². The minimum Gasteiger partial charge on any atom is -0.466 e. The minimum atomic E-state index is -0.0914. The number of aryl methyl sites for hydroxylation is 3. The fourth-order valence-corrected chi connectivity index (χ4v) is 1.63. The summed E-state index contributed by atoms with van der Waals surface area (Å²) in [6.45, 7) is 6.53. The van der Waals surface area contributed by atoms with Crippen LogP contribution in [0.2, 0.25) is 0 Å². The Morgan fingerprint density at radius 2 is 2.00 bits per heavy atom. The number of rotatable bonds is 5. The fourth-order valence-electron chi connectivity index (χ4n) is 1.63. The van der Waals surface area contributed by atoms with Crippen LogP contribution in [0.15, 0.2) is 18.2 Å². The van der Waals surface area contributed by atoms with Crippen molar-refractivity contribution in [2.75, 3.05) is 6.61 Å². The number of benzene rings is 1. The number of carbonyl (C=O) groups is 1. The summed E-state index contributed by atoms with van der Waals surface area (Å²) in [5.74, 6) is -0.0914. The van der Waals surface area contributed by atoms with Crippen LogP contribution < -0.4 is 0 Å². The Morgan fingerprint density at radius 3 is 2.62 bits per heavy atom. The summed E-state index contributed by atoms with van der Waals surface area (Å²) in [5.41, 5.74) is 3.93. The molecule has 0 spiro atoms. The van der Waals surface area contributed by atoms with Crippen molar-refractivity contribution in [3.63, 3.8) is 0 Å². The smallest absolute Gasteiger partial charge is 0.305 e.